The molecule has 19 heavy (non-hydrogen) atoms. The molecule has 0 fully saturated rings. The number of hydrogen-bond donors (Lipinski definition) is 1. The molecule has 0 amide bonds. The number of pyridine rings is 1. The van der Waals surface area contributed by atoms with Crippen LogP contribution in [0.15, 0.2) is 24.3 Å². The predicted molar refractivity (Wildman–Crippen MR) is 80.5 cm³/mol. The van der Waals surface area contributed by atoms with Crippen molar-refractivity contribution in [2.24, 2.45) is 5.92 Å². The summed E-state index contributed by atoms with van der Waals surface area (Å²) in [6, 6.07) is 7.91. The zero-order valence-corrected chi connectivity index (χ0v) is 11.9. The van der Waals surface area contributed by atoms with Crippen molar-refractivity contribution in [1.29, 1.82) is 0 Å². The molecule has 1 aromatic carbocycles. The summed E-state index contributed by atoms with van der Waals surface area (Å²) in [5.41, 5.74) is 8.92. The van der Waals surface area contributed by atoms with Crippen LogP contribution in [-0.2, 0) is 6.42 Å². The first-order valence-corrected chi connectivity index (χ1v) is 6.92. The number of rotatable bonds is 5. The maximum absolute atomic E-state index is 6.13. The Morgan fingerprint density at radius 1 is 1.26 bits per heavy atom. The van der Waals surface area contributed by atoms with Crippen LogP contribution >= 0.6 is 0 Å². The maximum atomic E-state index is 6.13. The van der Waals surface area contributed by atoms with Gasteiger partial charge < -0.3 is 10.5 Å². The van der Waals surface area contributed by atoms with Crippen molar-refractivity contribution in [2.75, 3.05) is 12.3 Å². The first-order chi connectivity index (χ1) is 9.10. The molecule has 1 heterocycles. The molecule has 102 valence electrons. The lowest BCUT2D eigenvalue weighted by atomic mass is 10.1. The first kappa shape index (κ1) is 13.7. The molecule has 0 aliphatic heterocycles. The third kappa shape index (κ3) is 3.37. The Balaban J connectivity index is 2.36. The van der Waals surface area contributed by atoms with Gasteiger partial charge in [-0.3, -0.25) is 4.98 Å². The molecule has 0 saturated carbocycles. The van der Waals surface area contributed by atoms with Crippen LogP contribution in [0.4, 0.5) is 5.69 Å². The van der Waals surface area contributed by atoms with Gasteiger partial charge in [-0.15, -0.1) is 0 Å². The Kier molecular flexibility index (Phi) is 4.25. The SMILES string of the molecule is CCCOc1ccc2nc(CC(C)C)cc(N)c2c1. The monoisotopic (exact) mass is 258 g/mol. The van der Waals surface area contributed by atoms with E-state index in [9.17, 15) is 0 Å². The van der Waals surface area contributed by atoms with E-state index in [4.69, 9.17) is 10.5 Å². The zero-order chi connectivity index (χ0) is 13.8. The first-order valence-electron chi connectivity index (χ1n) is 6.92. The van der Waals surface area contributed by atoms with Gasteiger partial charge in [0, 0.05) is 16.8 Å². The summed E-state index contributed by atoms with van der Waals surface area (Å²) in [5, 5.41) is 0.973. The normalized spacial score (nSPS) is 11.2. The number of fused-ring (bicyclic) bond motifs is 1. The highest BCUT2D eigenvalue weighted by Crippen LogP contribution is 2.26. The van der Waals surface area contributed by atoms with E-state index in [2.05, 4.69) is 25.8 Å². The van der Waals surface area contributed by atoms with Crippen molar-refractivity contribution in [3.8, 4) is 5.75 Å². The lowest BCUT2D eigenvalue weighted by Gasteiger charge is -2.10. The minimum absolute atomic E-state index is 0.580. The molecule has 0 spiro atoms. The van der Waals surface area contributed by atoms with Crippen molar-refractivity contribution < 1.29 is 4.74 Å². The van der Waals surface area contributed by atoms with Gasteiger partial charge in [-0.1, -0.05) is 20.8 Å². The lowest BCUT2D eigenvalue weighted by Crippen LogP contribution is -2.01. The number of hydrogen-bond acceptors (Lipinski definition) is 3. The number of nitrogens with zero attached hydrogens (tertiary/aromatic N) is 1. The molecule has 0 bridgehead atoms. The predicted octanol–water partition coefficient (Wildman–Crippen LogP) is 3.80. The van der Waals surface area contributed by atoms with Gasteiger partial charge in [-0.05, 0) is 43.0 Å². The number of aromatic nitrogens is 1. The molecule has 0 atom stereocenters. The van der Waals surface area contributed by atoms with Crippen molar-refractivity contribution in [2.45, 2.75) is 33.6 Å². The lowest BCUT2D eigenvalue weighted by molar-refractivity contribution is 0.318. The van der Waals surface area contributed by atoms with Gasteiger partial charge in [0.25, 0.3) is 0 Å². The highest BCUT2D eigenvalue weighted by molar-refractivity contribution is 5.91. The summed E-state index contributed by atoms with van der Waals surface area (Å²) in [7, 11) is 0. The Bertz CT molecular complexity index is 564. The minimum atomic E-state index is 0.580. The molecule has 1 aromatic heterocycles. The van der Waals surface area contributed by atoms with Gasteiger partial charge in [0.2, 0.25) is 0 Å². The molecule has 0 aliphatic rings. The van der Waals surface area contributed by atoms with Crippen LogP contribution in [0.3, 0.4) is 0 Å². The van der Waals surface area contributed by atoms with E-state index in [0.29, 0.717) is 5.92 Å². The van der Waals surface area contributed by atoms with Crippen molar-refractivity contribution >= 4 is 16.6 Å². The summed E-state index contributed by atoms with van der Waals surface area (Å²) < 4.78 is 5.63. The van der Waals surface area contributed by atoms with E-state index in [-0.39, 0.29) is 0 Å². The third-order valence-electron chi connectivity index (χ3n) is 2.96. The fourth-order valence-corrected chi connectivity index (χ4v) is 2.12. The maximum Gasteiger partial charge on any atom is 0.120 e. The Morgan fingerprint density at radius 2 is 2.05 bits per heavy atom. The number of nitrogens with two attached hydrogens (primary N) is 1. The average Bonchev–Trinajstić information content (AvgIpc) is 2.36. The quantitative estimate of drug-likeness (QED) is 0.887. The Morgan fingerprint density at radius 3 is 2.74 bits per heavy atom. The summed E-state index contributed by atoms with van der Waals surface area (Å²) in [4.78, 5) is 4.66. The topological polar surface area (TPSA) is 48.1 Å². The molecule has 0 radical (unpaired) electrons. The van der Waals surface area contributed by atoms with Crippen molar-refractivity contribution in [1.82, 2.24) is 4.98 Å². The van der Waals surface area contributed by atoms with E-state index in [1.54, 1.807) is 0 Å². The number of nitrogen functional groups attached to an aromatic ring is 1. The fourth-order valence-electron chi connectivity index (χ4n) is 2.12. The van der Waals surface area contributed by atoms with Gasteiger partial charge in [0.05, 0.1) is 12.1 Å². The van der Waals surface area contributed by atoms with E-state index in [1.165, 1.54) is 0 Å². The number of benzene rings is 1. The molecular formula is C16H22N2O. The van der Waals surface area contributed by atoms with E-state index < -0.39 is 0 Å². The van der Waals surface area contributed by atoms with Crippen LogP contribution in [-0.4, -0.2) is 11.6 Å². The summed E-state index contributed by atoms with van der Waals surface area (Å²) >= 11 is 0. The van der Waals surface area contributed by atoms with Crippen molar-refractivity contribution in [3.63, 3.8) is 0 Å². The molecule has 0 saturated heterocycles. The second-order valence-electron chi connectivity index (χ2n) is 5.33. The second-order valence-corrected chi connectivity index (χ2v) is 5.33. The van der Waals surface area contributed by atoms with E-state index in [1.807, 2.05) is 24.3 Å². The summed E-state index contributed by atoms with van der Waals surface area (Å²) in [5.74, 6) is 1.44. The number of ether oxygens (including phenoxy) is 1. The van der Waals surface area contributed by atoms with E-state index >= 15 is 0 Å². The highest BCUT2D eigenvalue weighted by atomic mass is 16.5. The van der Waals surface area contributed by atoms with Crippen LogP contribution in [0, 0.1) is 5.92 Å². The summed E-state index contributed by atoms with van der Waals surface area (Å²) in [6.07, 6.45) is 1.95. The van der Waals surface area contributed by atoms with Crippen molar-refractivity contribution in [3.05, 3.63) is 30.0 Å². The van der Waals surface area contributed by atoms with Gasteiger partial charge in [0.15, 0.2) is 0 Å². The molecule has 3 heteroatoms. The second kappa shape index (κ2) is 5.91. The Labute approximate surface area is 114 Å². The van der Waals surface area contributed by atoms with Crippen LogP contribution in [0.25, 0.3) is 10.9 Å². The highest BCUT2D eigenvalue weighted by Gasteiger charge is 2.06. The standard InChI is InChI=1S/C16H22N2O/c1-4-7-19-13-5-6-16-14(10-13)15(17)9-12(18-16)8-11(2)3/h5-6,9-11H,4,7-8H2,1-3H3,(H2,17,18). The molecule has 0 unspecified atom stereocenters. The zero-order valence-electron chi connectivity index (χ0n) is 11.9. The molecule has 3 nitrogen and oxygen atoms in total. The molecule has 2 N–H and O–H groups in total. The summed E-state index contributed by atoms with van der Waals surface area (Å²) in [6.45, 7) is 7.19. The van der Waals surface area contributed by atoms with Crippen LogP contribution in [0.2, 0.25) is 0 Å². The largest absolute Gasteiger partial charge is 0.494 e. The van der Waals surface area contributed by atoms with Gasteiger partial charge >= 0.3 is 0 Å². The van der Waals surface area contributed by atoms with Gasteiger partial charge in [-0.25, -0.2) is 0 Å². The molecular weight excluding hydrogens is 236 g/mol. The van der Waals surface area contributed by atoms with Crippen LogP contribution < -0.4 is 10.5 Å². The van der Waals surface area contributed by atoms with Crippen LogP contribution in [0.1, 0.15) is 32.9 Å². The molecule has 2 rings (SSSR count). The van der Waals surface area contributed by atoms with Gasteiger partial charge in [0.1, 0.15) is 5.75 Å². The smallest absolute Gasteiger partial charge is 0.120 e. The van der Waals surface area contributed by atoms with Gasteiger partial charge in [-0.2, -0.15) is 0 Å². The molecule has 0 aliphatic carbocycles. The van der Waals surface area contributed by atoms with Crippen LogP contribution in [0.5, 0.6) is 5.75 Å². The fraction of sp³-hybridized carbons (Fsp3) is 0.438. The number of anilines is 1. The Hall–Kier alpha value is -1.77. The third-order valence-corrected chi connectivity index (χ3v) is 2.96. The molecule has 2 aromatic rings. The average molecular weight is 258 g/mol. The minimum Gasteiger partial charge on any atom is -0.494 e. The van der Waals surface area contributed by atoms with E-state index in [0.717, 1.165) is 47.5 Å².